The summed E-state index contributed by atoms with van der Waals surface area (Å²) >= 11 is 0. The number of likely N-dealkylation sites (tertiary alicyclic amines) is 1. The standard InChI is InChI=1S/C19H28N2O3.ClH/c1-3-13-24-18-8-7-16(15(2)22)14-17(18)20-19(23)9-12-21-10-5-4-6-11-21;/h7-8,14H,3-6,9-13H2,1-2H3,(H,20,23);1H. The van der Waals surface area contributed by atoms with Crippen LogP contribution < -0.4 is 10.1 Å². The fourth-order valence-corrected chi connectivity index (χ4v) is 2.84. The van der Waals surface area contributed by atoms with E-state index in [4.69, 9.17) is 4.74 Å². The Hall–Kier alpha value is -1.59. The maximum Gasteiger partial charge on any atom is 0.225 e. The number of amides is 1. The van der Waals surface area contributed by atoms with E-state index >= 15 is 0 Å². The maximum absolute atomic E-state index is 12.3. The first-order valence-corrected chi connectivity index (χ1v) is 8.90. The molecule has 5 nitrogen and oxygen atoms in total. The molecule has 1 amide bonds. The number of halogens is 1. The Kier molecular flexibility index (Phi) is 9.53. The lowest BCUT2D eigenvalue weighted by Crippen LogP contribution is -2.32. The number of nitrogens with one attached hydrogen (secondary N) is 1. The number of benzene rings is 1. The van der Waals surface area contributed by atoms with Crippen LogP contribution in [0.25, 0.3) is 0 Å². The molecular weight excluding hydrogens is 340 g/mol. The van der Waals surface area contributed by atoms with Crippen molar-refractivity contribution in [3.8, 4) is 5.75 Å². The Labute approximate surface area is 156 Å². The van der Waals surface area contributed by atoms with E-state index in [1.807, 2.05) is 6.92 Å². The van der Waals surface area contributed by atoms with Gasteiger partial charge in [0.1, 0.15) is 5.75 Å². The molecule has 1 heterocycles. The van der Waals surface area contributed by atoms with Crippen molar-refractivity contribution in [3.63, 3.8) is 0 Å². The third kappa shape index (κ3) is 7.04. The maximum atomic E-state index is 12.3. The molecule has 1 aliphatic rings. The second-order valence-electron chi connectivity index (χ2n) is 6.32. The lowest BCUT2D eigenvalue weighted by atomic mass is 10.1. The van der Waals surface area contributed by atoms with Gasteiger partial charge in [0, 0.05) is 18.5 Å². The van der Waals surface area contributed by atoms with Gasteiger partial charge in [-0.25, -0.2) is 0 Å². The highest BCUT2D eigenvalue weighted by molar-refractivity contribution is 5.98. The van der Waals surface area contributed by atoms with Crippen molar-refractivity contribution < 1.29 is 14.3 Å². The van der Waals surface area contributed by atoms with Crippen molar-refractivity contribution in [3.05, 3.63) is 23.8 Å². The molecule has 1 aliphatic heterocycles. The van der Waals surface area contributed by atoms with E-state index in [0.29, 0.717) is 30.0 Å². The first-order chi connectivity index (χ1) is 11.6. The predicted octanol–water partition coefficient (Wildman–Crippen LogP) is 3.91. The van der Waals surface area contributed by atoms with Crippen LogP contribution in [0.15, 0.2) is 18.2 Å². The number of rotatable bonds is 8. The van der Waals surface area contributed by atoms with Crippen molar-refractivity contribution in [2.45, 2.75) is 46.0 Å². The minimum absolute atomic E-state index is 0. The van der Waals surface area contributed by atoms with E-state index in [-0.39, 0.29) is 24.1 Å². The highest BCUT2D eigenvalue weighted by Crippen LogP contribution is 2.26. The van der Waals surface area contributed by atoms with E-state index in [1.54, 1.807) is 18.2 Å². The van der Waals surface area contributed by atoms with Crippen LogP contribution in [-0.4, -0.2) is 42.8 Å². The van der Waals surface area contributed by atoms with Crippen LogP contribution in [0, 0.1) is 0 Å². The minimum Gasteiger partial charge on any atom is -0.491 e. The molecule has 1 saturated heterocycles. The van der Waals surface area contributed by atoms with Crippen molar-refractivity contribution in [1.82, 2.24) is 4.90 Å². The highest BCUT2D eigenvalue weighted by atomic mass is 35.5. The first-order valence-electron chi connectivity index (χ1n) is 8.90. The van der Waals surface area contributed by atoms with E-state index < -0.39 is 0 Å². The quantitative estimate of drug-likeness (QED) is 0.706. The molecule has 0 radical (unpaired) electrons. The Bertz CT molecular complexity index is 572. The fourth-order valence-electron chi connectivity index (χ4n) is 2.84. The molecule has 25 heavy (non-hydrogen) atoms. The Morgan fingerprint density at radius 1 is 1.20 bits per heavy atom. The van der Waals surface area contributed by atoms with E-state index in [9.17, 15) is 9.59 Å². The predicted molar refractivity (Wildman–Crippen MR) is 103 cm³/mol. The minimum atomic E-state index is -0.0392. The molecule has 6 heteroatoms. The fraction of sp³-hybridized carbons (Fsp3) is 0.579. The molecule has 0 atom stereocenters. The third-order valence-corrected chi connectivity index (χ3v) is 4.23. The van der Waals surface area contributed by atoms with Crippen molar-refractivity contribution in [1.29, 1.82) is 0 Å². The number of ketones is 1. The van der Waals surface area contributed by atoms with Crippen LogP contribution in [0.3, 0.4) is 0 Å². The summed E-state index contributed by atoms with van der Waals surface area (Å²) in [6.07, 6.45) is 5.07. The number of carbonyl (C=O) groups excluding carboxylic acids is 2. The van der Waals surface area contributed by atoms with Gasteiger partial charge in [-0.2, -0.15) is 0 Å². The van der Waals surface area contributed by atoms with Gasteiger partial charge in [-0.05, 0) is 57.5 Å². The van der Waals surface area contributed by atoms with E-state index in [2.05, 4.69) is 10.2 Å². The molecule has 0 spiro atoms. The van der Waals surface area contributed by atoms with Crippen LogP contribution >= 0.6 is 12.4 Å². The van der Waals surface area contributed by atoms with Gasteiger partial charge in [0.05, 0.1) is 12.3 Å². The average Bonchev–Trinajstić information content (AvgIpc) is 2.59. The number of Topliss-reactive ketones (excluding diaryl/α,β-unsaturated/α-hetero) is 1. The van der Waals surface area contributed by atoms with E-state index in [1.165, 1.54) is 26.2 Å². The van der Waals surface area contributed by atoms with Gasteiger partial charge in [-0.15, -0.1) is 12.4 Å². The Balaban J connectivity index is 0.00000312. The van der Waals surface area contributed by atoms with Gasteiger partial charge in [-0.1, -0.05) is 13.3 Å². The molecule has 1 aromatic rings. The van der Waals surface area contributed by atoms with Gasteiger partial charge >= 0.3 is 0 Å². The zero-order chi connectivity index (χ0) is 17.4. The van der Waals surface area contributed by atoms with E-state index in [0.717, 1.165) is 26.1 Å². The first kappa shape index (κ1) is 21.5. The summed E-state index contributed by atoms with van der Waals surface area (Å²) < 4.78 is 5.68. The van der Waals surface area contributed by atoms with Crippen molar-refractivity contribution >= 4 is 29.8 Å². The molecule has 0 unspecified atom stereocenters. The summed E-state index contributed by atoms with van der Waals surface area (Å²) in [5, 5.41) is 2.91. The van der Waals surface area contributed by atoms with Gasteiger partial charge in [0.25, 0.3) is 0 Å². The number of anilines is 1. The SMILES string of the molecule is CCCOc1ccc(C(C)=O)cc1NC(=O)CCN1CCCCC1.Cl. The average molecular weight is 369 g/mol. The topological polar surface area (TPSA) is 58.6 Å². The number of ether oxygens (including phenoxy) is 1. The van der Waals surface area contributed by atoms with Crippen LogP contribution in [0.4, 0.5) is 5.69 Å². The van der Waals surface area contributed by atoms with Gasteiger partial charge in [0.2, 0.25) is 5.91 Å². The normalized spacial score (nSPS) is 14.5. The summed E-state index contributed by atoms with van der Waals surface area (Å²) in [6.45, 7) is 7.07. The highest BCUT2D eigenvalue weighted by Gasteiger charge is 2.14. The molecule has 1 N–H and O–H groups in total. The summed E-state index contributed by atoms with van der Waals surface area (Å²) in [7, 11) is 0. The van der Waals surface area contributed by atoms with Gasteiger partial charge in [-0.3, -0.25) is 9.59 Å². The molecule has 0 aromatic heterocycles. The van der Waals surface area contributed by atoms with Gasteiger partial charge in [0.15, 0.2) is 5.78 Å². The zero-order valence-corrected chi connectivity index (χ0v) is 16.0. The molecule has 2 rings (SSSR count). The van der Waals surface area contributed by atoms with Crippen molar-refractivity contribution in [2.75, 3.05) is 31.6 Å². The Morgan fingerprint density at radius 3 is 2.56 bits per heavy atom. The lowest BCUT2D eigenvalue weighted by Gasteiger charge is -2.26. The number of hydrogen-bond acceptors (Lipinski definition) is 4. The zero-order valence-electron chi connectivity index (χ0n) is 15.2. The molecule has 1 fully saturated rings. The molecule has 0 bridgehead atoms. The largest absolute Gasteiger partial charge is 0.491 e. The number of piperidine rings is 1. The number of nitrogens with zero attached hydrogens (tertiary/aromatic N) is 1. The van der Waals surface area contributed by atoms with Crippen LogP contribution in [-0.2, 0) is 4.79 Å². The summed E-state index contributed by atoms with van der Waals surface area (Å²) in [5.74, 6) is 0.552. The molecule has 0 aliphatic carbocycles. The molecule has 140 valence electrons. The van der Waals surface area contributed by atoms with Gasteiger partial charge < -0.3 is 15.0 Å². The summed E-state index contributed by atoms with van der Waals surface area (Å²) in [4.78, 5) is 26.2. The van der Waals surface area contributed by atoms with Crippen LogP contribution in [0.2, 0.25) is 0 Å². The molecule has 0 saturated carbocycles. The summed E-state index contributed by atoms with van der Waals surface area (Å²) in [6, 6.07) is 5.19. The summed E-state index contributed by atoms with van der Waals surface area (Å²) in [5.41, 5.74) is 1.16. The van der Waals surface area contributed by atoms with Crippen LogP contribution in [0.5, 0.6) is 5.75 Å². The lowest BCUT2D eigenvalue weighted by molar-refractivity contribution is -0.116. The second kappa shape index (κ2) is 11.1. The number of hydrogen-bond donors (Lipinski definition) is 1. The Morgan fingerprint density at radius 2 is 1.92 bits per heavy atom. The van der Waals surface area contributed by atoms with Crippen molar-refractivity contribution in [2.24, 2.45) is 0 Å². The molecule has 1 aromatic carbocycles. The molecular formula is C19H29ClN2O3. The van der Waals surface area contributed by atoms with Crippen LogP contribution in [0.1, 0.15) is 56.3 Å². The smallest absolute Gasteiger partial charge is 0.225 e. The third-order valence-electron chi connectivity index (χ3n) is 4.23. The number of carbonyl (C=O) groups is 2. The monoisotopic (exact) mass is 368 g/mol. The second-order valence-corrected chi connectivity index (χ2v) is 6.32.